The zero-order chi connectivity index (χ0) is 17.9. The number of amides is 1. The molecule has 0 aliphatic carbocycles. The van der Waals surface area contributed by atoms with Crippen LogP contribution >= 0.6 is 0 Å². The van der Waals surface area contributed by atoms with Crippen molar-refractivity contribution < 1.29 is 19.1 Å². The number of ether oxygens (including phenoxy) is 2. The van der Waals surface area contributed by atoms with Crippen LogP contribution in [-0.4, -0.2) is 39.5 Å². The molecule has 0 radical (unpaired) electrons. The fraction of sp³-hybridized carbons (Fsp3) is 0.263. The number of oxime groups is 1. The van der Waals surface area contributed by atoms with Gasteiger partial charge >= 0.3 is 0 Å². The molecule has 0 atom stereocenters. The Morgan fingerprint density at radius 3 is 2.64 bits per heavy atom. The Kier molecular flexibility index (Phi) is 7.31. The number of methoxy groups -OCH3 is 2. The normalized spacial score (nSPS) is 10.5. The van der Waals surface area contributed by atoms with Gasteiger partial charge in [0.25, 0.3) is 5.91 Å². The van der Waals surface area contributed by atoms with Gasteiger partial charge in [0.2, 0.25) is 0 Å². The van der Waals surface area contributed by atoms with Crippen molar-refractivity contribution in [1.82, 2.24) is 5.32 Å². The van der Waals surface area contributed by atoms with Crippen LogP contribution in [-0.2, 0) is 16.1 Å². The molecule has 2 aromatic rings. The van der Waals surface area contributed by atoms with E-state index in [0.717, 1.165) is 6.42 Å². The summed E-state index contributed by atoms with van der Waals surface area (Å²) in [7, 11) is 3.15. The Balaban J connectivity index is 1.74. The number of hydrogen-bond acceptors (Lipinski definition) is 5. The third kappa shape index (κ3) is 6.18. The van der Waals surface area contributed by atoms with E-state index < -0.39 is 0 Å². The summed E-state index contributed by atoms with van der Waals surface area (Å²) >= 11 is 0. The first-order chi connectivity index (χ1) is 12.2. The van der Waals surface area contributed by atoms with Crippen molar-refractivity contribution in [3.63, 3.8) is 0 Å². The van der Waals surface area contributed by atoms with E-state index in [-0.39, 0.29) is 12.5 Å². The quantitative estimate of drug-likeness (QED) is 0.561. The molecule has 0 bridgehead atoms. The molecule has 25 heavy (non-hydrogen) atoms. The molecule has 0 fully saturated rings. The molecule has 0 heterocycles. The Morgan fingerprint density at radius 2 is 1.92 bits per heavy atom. The molecular weight excluding hydrogens is 320 g/mol. The van der Waals surface area contributed by atoms with Crippen LogP contribution in [0, 0.1) is 0 Å². The maximum Gasteiger partial charge on any atom is 0.260 e. The van der Waals surface area contributed by atoms with Crippen LogP contribution in [0.2, 0.25) is 0 Å². The Morgan fingerprint density at radius 1 is 1.12 bits per heavy atom. The minimum Gasteiger partial charge on any atom is -0.497 e. The van der Waals surface area contributed by atoms with Crippen molar-refractivity contribution in [3.8, 4) is 11.5 Å². The van der Waals surface area contributed by atoms with Gasteiger partial charge in [-0.25, -0.2) is 0 Å². The SMILES string of the molecule is COc1ccc(OC)c(/C=N\OCC(=O)NCCc2ccccc2)c1. The second-order valence-corrected chi connectivity index (χ2v) is 5.20. The lowest BCUT2D eigenvalue weighted by Crippen LogP contribution is -2.28. The van der Waals surface area contributed by atoms with Crippen molar-refractivity contribution in [1.29, 1.82) is 0 Å². The summed E-state index contributed by atoms with van der Waals surface area (Å²) in [5, 5.41) is 6.60. The van der Waals surface area contributed by atoms with Crippen LogP contribution in [0.25, 0.3) is 0 Å². The van der Waals surface area contributed by atoms with E-state index in [0.29, 0.717) is 23.6 Å². The smallest absolute Gasteiger partial charge is 0.260 e. The van der Waals surface area contributed by atoms with Crippen molar-refractivity contribution in [2.75, 3.05) is 27.4 Å². The second kappa shape index (κ2) is 9.97. The summed E-state index contributed by atoms with van der Waals surface area (Å²) in [6.07, 6.45) is 2.26. The lowest BCUT2D eigenvalue weighted by Gasteiger charge is -2.07. The molecule has 132 valence electrons. The lowest BCUT2D eigenvalue weighted by molar-refractivity contribution is -0.125. The Hall–Kier alpha value is -3.02. The molecule has 6 nitrogen and oxygen atoms in total. The first-order valence-corrected chi connectivity index (χ1v) is 7.91. The first-order valence-electron chi connectivity index (χ1n) is 7.91. The van der Waals surface area contributed by atoms with E-state index in [1.54, 1.807) is 32.4 Å². The summed E-state index contributed by atoms with van der Waals surface area (Å²) in [6, 6.07) is 15.3. The maximum absolute atomic E-state index is 11.7. The van der Waals surface area contributed by atoms with Crippen LogP contribution in [0.5, 0.6) is 11.5 Å². The van der Waals surface area contributed by atoms with Crippen LogP contribution in [0.4, 0.5) is 0 Å². The molecule has 6 heteroatoms. The maximum atomic E-state index is 11.7. The van der Waals surface area contributed by atoms with Gasteiger partial charge < -0.3 is 19.6 Å². The predicted octanol–water partition coefficient (Wildman–Crippen LogP) is 2.41. The third-order valence-corrected chi connectivity index (χ3v) is 3.48. The van der Waals surface area contributed by atoms with Crippen LogP contribution < -0.4 is 14.8 Å². The standard InChI is InChI=1S/C19H22N2O4/c1-23-17-8-9-18(24-2)16(12-17)13-21-25-14-19(22)20-11-10-15-6-4-3-5-7-15/h3-9,12-13H,10-11,14H2,1-2H3,(H,20,22)/b21-13-. The molecule has 0 saturated carbocycles. The number of benzene rings is 2. The zero-order valence-corrected chi connectivity index (χ0v) is 14.4. The molecule has 0 unspecified atom stereocenters. The fourth-order valence-corrected chi connectivity index (χ4v) is 2.17. The molecule has 0 aromatic heterocycles. The molecule has 0 spiro atoms. The van der Waals surface area contributed by atoms with E-state index in [4.69, 9.17) is 14.3 Å². The average molecular weight is 342 g/mol. The van der Waals surface area contributed by atoms with Crippen LogP contribution in [0.1, 0.15) is 11.1 Å². The van der Waals surface area contributed by atoms with Crippen LogP contribution in [0.3, 0.4) is 0 Å². The highest BCUT2D eigenvalue weighted by Crippen LogP contribution is 2.22. The largest absolute Gasteiger partial charge is 0.497 e. The van der Waals surface area contributed by atoms with Gasteiger partial charge in [-0.05, 0) is 30.2 Å². The van der Waals surface area contributed by atoms with Crippen molar-refractivity contribution in [2.45, 2.75) is 6.42 Å². The van der Waals surface area contributed by atoms with E-state index in [2.05, 4.69) is 10.5 Å². The number of carbonyl (C=O) groups excluding carboxylic acids is 1. The highest BCUT2D eigenvalue weighted by atomic mass is 16.6. The van der Waals surface area contributed by atoms with Gasteiger partial charge in [-0.3, -0.25) is 4.79 Å². The molecule has 2 rings (SSSR count). The van der Waals surface area contributed by atoms with Gasteiger partial charge in [-0.2, -0.15) is 0 Å². The molecule has 2 aromatic carbocycles. The van der Waals surface area contributed by atoms with Gasteiger partial charge in [-0.15, -0.1) is 0 Å². The van der Waals surface area contributed by atoms with Crippen molar-refractivity contribution in [2.24, 2.45) is 5.16 Å². The molecule has 1 amide bonds. The molecule has 0 saturated heterocycles. The summed E-state index contributed by atoms with van der Waals surface area (Å²) in [5.41, 5.74) is 1.87. The van der Waals surface area contributed by atoms with E-state index in [1.165, 1.54) is 11.8 Å². The second-order valence-electron chi connectivity index (χ2n) is 5.20. The highest BCUT2D eigenvalue weighted by molar-refractivity contribution is 5.84. The Bertz CT molecular complexity index is 702. The molecule has 0 aliphatic heterocycles. The molecule has 0 aliphatic rings. The summed E-state index contributed by atoms with van der Waals surface area (Å²) in [6.45, 7) is 0.414. The lowest BCUT2D eigenvalue weighted by atomic mass is 10.1. The Labute approximate surface area is 147 Å². The molecular formula is C19H22N2O4. The van der Waals surface area contributed by atoms with Gasteiger partial charge in [0.05, 0.1) is 20.4 Å². The van der Waals surface area contributed by atoms with Crippen molar-refractivity contribution in [3.05, 3.63) is 59.7 Å². The predicted molar refractivity (Wildman–Crippen MR) is 96.2 cm³/mol. The topological polar surface area (TPSA) is 69.1 Å². The van der Waals surface area contributed by atoms with E-state index in [9.17, 15) is 4.79 Å². The summed E-state index contributed by atoms with van der Waals surface area (Å²) in [4.78, 5) is 16.7. The number of nitrogens with zero attached hydrogens (tertiary/aromatic N) is 1. The number of rotatable bonds is 9. The van der Waals surface area contributed by atoms with Crippen molar-refractivity contribution >= 4 is 12.1 Å². The highest BCUT2D eigenvalue weighted by Gasteiger charge is 2.04. The average Bonchev–Trinajstić information content (AvgIpc) is 2.66. The summed E-state index contributed by atoms with van der Waals surface area (Å²) in [5.74, 6) is 1.10. The van der Waals surface area contributed by atoms with Gasteiger partial charge in [-0.1, -0.05) is 35.5 Å². The van der Waals surface area contributed by atoms with Gasteiger partial charge in [0.1, 0.15) is 11.5 Å². The molecule has 1 N–H and O–H groups in total. The number of carbonyl (C=O) groups is 1. The summed E-state index contributed by atoms with van der Waals surface area (Å²) < 4.78 is 10.4. The van der Waals surface area contributed by atoms with Gasteiger partial charge in [0, 0.05) is 12.1 Å². The zero-order valence-electron chi connectivity index (χ0n) is 14.4. The number of nitrogens with one attached hydrogen (secondary N) is 1. The van der Waals surface area contributed by atoms with Gasteiger partial charge in [0.15, 0.2) is 6.61 Å². The van der Waals surface area contributed by atoms with Crippen LogP contribution in [0.15, 0.2) is 53.7 Å². The minimum atomic E-state index is -0.217. The van der Waals surface area contributed by atoms with E-state index in [1.807, 2.05) is 30.3 Å². The monoisotopic (exact) mass is 342 g/mol. The van der Waals surface area contributed by atoms with E-state index >= 15 is 0 Å². The third-order valence-electron chi connectivity index (χ3n) is 3.48. The fourth-order valence-electron chi connectivity index (χ4n) is 2.17. The first kappa shape index (κ1) is 18.3. The minimum absolute atomic E-state index is 0.141. The number of hydrogen-bond donors (Lipinski definition) is 1.